The smallest absolute Gasteiger partial charge is 0.354 e. The number of nitrogens with one attached hydrogen (secondary N) is 2. The Bertz CT molecular complexity index is 542. The van der Waals surface area contributed by atoms with E-state index in [1.807, 2.05) is 12.1 Å². The maximum absolute atomic E-state index is 11.7. The maximum Gasteiger partial charge on any atom is 0.354 e. The minimum atomic E-state index is -0.669. The molecule has 0 bridgehead atoms. The molecular formula is C15H20N2O5. The van der Waals surface area contributed by atoms with Crippen LogP contribution in [0.25, 0.3) is 0 Å². The van der Waals surface area contributed by atoms with Crippen molar-refractivity contribution in [3.05, 3.63) is 36.0 Å². The van der Waals surface area contributed by atoms with Crippen LogP contribution in [0.15, 0.2) is 36.0 Å². The van der Waals surface area contributed by atoms with Gasteiger partial charge in [-0.15, -0.1) is 0 Å². The van der Waals surface area contributed by atoms with Gasteiger partial charge in [0.25, 0.3) is 0 Å². The Balaban J connectivity index is 2.95. The molecule has 0 aliphatic rings. The molecule has 0 atom stereocenters. The van der Waals surface area contributed by atoms with Crippen LogP contribution in [-0.2, 0) is 23.8 Å². The van der Waals surface area contributed by atoms with E-state index in [1.54, 1.807) is 19.2 Å². The summed E-state index contributed by atoms with van der Waals surface area (Å²) < 4.78 is 14.2. The fraction of sp³-hybridized carbons (Fsp3) is 0.333. The van der Waals surface area contributed by atoms with Crippen LogP contribution in [0.4, 0.5) is 11.4 Å². The zero-order valence-corrected chi connectivity index (χ0v) is 12.8. The second kappa shape index (κ2) is 9.41. The summed E-state index contributed by atoms with van der Waals surface area (Å²) in [6.45, 7) is 1.14. The van der Waals surface area contributed by atoms with Crippen molar-refractivity contribution in [2.45, 2.75) is 0 Å². The molecule has 0 spiro atoms. The molecule has 2 N–H and O–H groups in total. The monoisotopic (exact) mass is 308 g/mol. The molecule has 0 aliphatic carbocycles. The van der Waals surface area contributed by atoms with Gasteiger partial charge in [0.2, 0.25) is 0 Å². The molecule has 1 aromatic carbocycles. The van der Waals surface area contributed by atoms with E-state index in [0.29, 0.717) is 18.8 Å². The predicted molar refractivity (Wildman–Crippen MR) is 82.5 cm³/mol. The minimum Gasteiger partial charge on any atom is -0.466 e. The zero-order chi connectivity index (χ0) is 16.4. The van der Waals surface area contributed by atoms with Gasteiger partial charge in [-0.1, -0.05) is 12.1 Å². The van der Waals surface area contributed by atoms with Gasteiger partial charge in [0.15, 0.2) is 0 Å². The molecular weight excluding hydrogens is 288 g/mol. The van der Waals surface area contributed by atoms with Gasteiger partial charge in [0, 0.05) is 13.7 Å². The van der Waals surface area contributed by atoms with Gasteiger partial charge in [-0.05, 0) is 12.1 Å². The highest BCUT2D eigenvalue weighted by Crippen LogP contribution is 2.22. The van der Waals surface area contributed by atoms with Crippen molar-refractivity contribution in [2.24, 2.45) is 0 Å². The van der Waals surface area contributed by atoms with Crippen LogP contribution in [0, 0.1) is 0 Å². The largest absolute Gasteiger partial charge is 0.466 e. The van der Waals surface area contributed by atoms with Gasteiger partial charge < -0.3 is 24.8 Å². The van der Waals surface area contributed by atoms with Crippen LogP contribution in [-0.4, -0.2) is 46.4 Å². The number of anilines is 2. The third-order valence-corrected chi connectivity index (χ3v) is 2.69. The van der Waals surface area contributed by atoms with Crippen molar-refractivity contribution < 1.29 is 23.8 Å². The molecule has 0 saturated carbocycles. The number of carbonyl (C=O) groups excluding carboxylic acids is 2. The summed E-state index contributed by atoms with van der Waals surface area (Å²) >= 11 is 0. The van der Waals surface area contributed by atoms with Crippen LogP contribution < -0.4 is 10.6 Å². The molecule has 0 fully saturated rings. The topological polar surface area (TPSA) is 85.9 Å². The molecule has 0 amide bonds. The van der Waals surface area contributed by atoms with Crippen LogP contribution >= 0.6 is 0 Å². The molecule has 120 valence electrons. The highest BCUT2D eigenvalue weighted by molar-refractivity contribution is 5.99. The average molecular weight is 308 g/mol. The summed E-state index contributed by atoms with van der Waals surface area (Å²) in [5.74, 6) is -1.32. The van der Waals surface area contributed by atoms with Crippen LogP contribution in [0.2, 0.25) is 0 Å². The Labute approximate surface area is 129 Å². The van der Waals surface area contributed by atoms with Crippen molar-refractivity contribution in [2.75, 3.05) is 45.1 Å². The second-order valence-corrected chi connectivity index (χ2v) is 4.16. The molecule has 0 unspecified atom stereocenters. The fourth-order valence-corrected chi connectivity index (χ4v) is 1.61. The first-order chi connectivity index (χ1) is 10.6. The number of hydrogen-bond acceptors (Lipinski definition) is 7. The molecule has 7 heteroatoms. The normalized spacial score (nSPS) is 10.8. The van der Waals surface area contributed by atoms with E-state index < -0.39 is 11.9 Å². The molecule has 1 rings (SSSR count). The number of carbonyl (C=O) groups is 2. The first-order valence-corrected chi connectivity index (χ1v) is 6.59. The molecule has 0 saturated heterocycles. The number of methoxy groups -OCH3 is 3. The minimum absolute atomic E-state index is 0.0182. The Hall–Kier alpha value is -2.54. The molecule has 1 aromatic rings. The van der Waals surface area contributed by atoms with Crippen molar-refractivity contribution >= 4 is 23.3 Å². The van der Waals surface area contributed by atoms with E-state index in [-0.39, 0.29) is 5.70 Å². The number of ether oxygens (including phenoxy) is 3. The summed E-state index contributed by atoms with van der Waals surface area (Å²) in [5, 5.41) is 6.03. The fourth-order valence-electron chi connectivity index (χ4n) is 1.61. The summed E-state index contributed by atoms with van der Waals surface area (Å²) in [7, 11) is 4.08. The SMILES string of the molecule is COCCNc1ccccc1N/C(=C/C(=O)OC)C(=O)OC. The number of rotatable bonds is 8. The molecule has 0 aliphatic heterocycles. The lowest BCUT2D eigenvalue weighted by Crippen LogP contribution is -2.17. The Morgan fingerprint density at radius 2 is 1.77 bits per heavy atom. The standard InChI is InChI=1S/C15H20N2O5/c1-20-9-8-16-11-6-4-5-7-12(11)17-13(15(19)22-3)10-14(18)21-2/h4-7,10,16-17H,8-9H2,1-3H3/b13-10+. The third-order valence-electron chi connectivity index (χ3n) is 2.69. The quantitative estimate of drug-likeness (QED) is 0.426. The third kappa shape index (κ3) is 5.45. The van der Waals surface area contributed by atoms with Gasteiger partial charge >= 0.3 is 11.9 Å². The highest BCUT2D eigenvalue weighted by Gasteiger charge is 2.14. The number of esters is 2. The highest BCUT2D eigenvalue weighted by atomic mass is 16.5. The summed E-state index contributed by atoms with van der Waals surface area (Å²) in [4.78, 5) is 23.1. The van der Waals surface area contributed by atoms with E-state index in [4.69, 9.17) is 4.74 Å². The lowest BCUT2D eigenvalue weighted by Gasteiger charge is -2.14. The molecule has 0 radical (unpaired) electrons. The molecule has 0 aromatic heterocycles. The van der Waals surface area contributed by atoms with Crippen molar-refractivity contribution in [1.82, 2.24) is 0 Å². The van der Waals surface area contributed by atoms with Gasteiger partial charge in [0.05, 0.1) is 38.3 Å². The lowest BCUT2D eigenvalue weighted by atomic mass is 10.2. The maximum atomic E-state index is 11.7. The Morgan fingerprint density at radius 3 is 2.36 bits per heavy atom. The average Bonchev–Trinajstić information content (AvgIpc) is 2.55. The van der Waals surface area contributed by atoms with Crippen molar-refractivity contribution in [3.63, 3.8) is 0 Å². The van der Waals surface area contributed by atoms with Gasteiger partial charge in [-0.3, -0.25) is 0 Å². The van der Waals surface area contributed by atoms with E-state index in [0.717, 1.165) is 11.8 Å². The summed E-state index contributed by atoms with van der Waals surface area (Å²) in [6.07, 6.45) is 1.04. The zero-order valence-electron chi connectivity index (χ0n) is 12.8. The molecule has 0 heterocycles. The predicted octanol–water partition coefficient (Wildman–Crippen LogP) is 1.39. The first-order valence-electron chi connectivity index (χ1n) is 6.59. The lowest BCUT2D eigenvalue weighted by molar-refractivity contribution is -0.138. The van der Waals surface area contributed by atoms with Crippen LogP contribution in [0.3, 0.4) is 0 Å². The summed E-state index contributed by atoms with van der Waals surface area (Å²) in [5.41, 5.74) is 1.37. The van der Waals surface area contributed by atoms with E-state index >= 15 is 0 Å². The van der Waals surface area contributed by atoms with Gasteiger partial charge in [-0.2, -0.15) is 0 Å². The van der Waals surface area contributed by atoms with E-state index in [9.17, 15) is 9.59 Å². The van der Waals surface area contributed by atoms with Gasteiger partial charge in [-0.25, -0.2) is 9.59 Å². The van der Waals surface area contributed by atoms with Crippen molar-refractivity contribution in [3.8, 4) is 0 Å². The van der Waals surface area contributed by atoms with E-state index in [1.165, 1.54) is 14.2 Å². The Morgan fingerprint density at radius 1 is 1.09 bits per heavy atom. The van der Waals surface area contributed by atoms with Crippen LogP contribution in [0.5, 0.6) is 0 Å². The first kappa shape index (κ1) is 17.5. The number of hydrogen-bond donors (Lipinski definition) is 2. The van der Waals surface area contributed by atoms with Crippen LogP contribution in [0.1, 0.15) is 0 Å². The number of para-hydroxylation sites is 2. The van der Waals surface area contributed by atoms with Crippen molar-refractivity contribution in [1.29, 1.82) is 0 Å². The number of benzene rings is 1. The second-order valence-electron chi connectivity index (χ2n) is 4.16. The molecule has 7 nitrogen and oxygen atoms in total. The molecule has 22 heavy (non-hydrogen) atoms. The Kier molecular flexibility index (Phi) is 7.49. The van der Waals surface area contributed by atoms with E-state index in [2.05, 4.69) is 20.1 Å². The van der Waals surface area contributed by atoms with Gasteiger partial charge in [0.1, 0.15) is 5.70 Å². The summed E-state index contributed by atoms with van der Waals surface area (Å²) in [6, 6.07) is 7.26.